The fourth-order valence-corrected chi connectivity index (χ4v) is 2.93. The lowest BCUT2D eigenvalue weighted by molar-refractivity contribution is -0.150. The van der Waals surface area contributed by atoms with Crippen molar-refractivity contribution >= 4 is 23.7 Å². The summed E-state index contributed by atoms with van der Waals surface area (Å²) in [6, 6.07) is 5.23. The highest BCUT2D eigenvalue weighted by molar-refractivity contribution is 5.98. The fraction of sp³-hybridized carbons (Fsp3) is 0.524. The summed E-state index contributed by atoms with van der Waals surface area (Å²) < 4.78 is 0. The number of carbonyl (C=O) groups is 4. The van der Waals surface area contributed by atoms with E-state index in [1.54, 1.807) is 30.3 Å². The highest BCUT2D eigenvalue weighted by Gasteiger charge is 2.31. The van der Waals surface area contributed by atoms with E-state index >= 15 is 0 Å². The van der Waals surface area contributed by atoms with E-state index in [1.807, 2.05) is 13.8 Å². The van der Waals surface area contributed by atoms with E-state index in [0.717, 1.165) is 4.90 Å². The summed E-state index contributed by atoms with van der Waals surface area (Å²) in [5.74, 6) is -2.74. The molecule has 1 rings (SSSR count). The second-order valence-corrected chi connectivity index (χ2v) is 7.57. The minimum Gasteiger partial charge on any atom is -0.480 e. The molecule has 166 valence electrons. The number of hydrogen-bond donors (Lipinski definition) is 4. The van der Waals surface area contributed by atoms with Gasteiger partial charge in [0, 0.05) is 19.2 Å². The normalized spacial score (nSPS) is 13.8. The molecule has 0 heterocycles. The van der Waals surface area contributed by atoms with Crippen LogP contribution in [0.4, 0.5) is 0 Å². The second-order valence-electron chi connectivity index (χ2n) is 7.57. The van der Waals surface area contributed by atoms with Crippen LogP contribution >= 0.6 is 0 Å². The Morgan fingerprint density at radius 1 is 1.03 bits per heavy atom. The molecule has 9 nitrogen and oxygen atoms in total. The molecule has 0 saturated heterocycles. The van der Waals surface area contributed by atoms with Crippen molar-refractivity contribution in [2.24, 2.45) is 5.92 Å². The molecule has 3 unspecified atom stereocenters. The predicted octanol–water partition coefficient (Wildman–Crippen LogP) is 0.630. The number of nitrogens with zero attached hydrogens (tertiary/aromatic N) is 1. The summed E-state index contributed by atoms with van der Waals surface area (Å²) in [6.45, 7) is 4.81. The molecule has 3 atom stereocenters. The van der Waals surface area contributed by atoms with Crippen LogP contribution in [-0.2, 0) is 14.4 Å². The number of hydrogen-bond acceptors (Lipinski definition) is 5. The lowest BCUT2D eigenvalue weighted by atomic mass is 10.0. The van der Waals surface area contributed by atoms with Gasteiger partial charge in [0.25, 0.3) is 5.91 Å². The standard InChI is InChI=1S/C21H31N3O6/c1-13(2)12-17(21(29)30)24(4)20(28)14(3)22-19(27)16(10-11-25)23-18(26)15-8-6-5-7-9-15/h5-9,13-14,16-17,25H,10-12H2,1-4H3,(H,22,27)(H,23,26)(H,29,30). The Morgan fingerprint density at radius 2 is 1.63 bits per heavy atom. The Labute approximate surface area is 176 Å². The summed E-state index contributed by atoms with van der Waals surface area (Å²) in [4.78, 5) is 50.2. The Hall–Kier alpha value is -2.94. The number of aliphatic hydroxyl groups excluding tert-OH is 1. The van der Waals surface area contributed by atoms with E-state index < -0.39 is 41.8 Å². The molecule has 0 radical (unpaired) electrons. The first-order valence-corrected chi connectivity index (χ1v) is 9.85. The van der Waals surface area contributed by atoms with Crippen molar-refractivity contribution in [2.45, 2.75) is 51.7 Å². The molecule has 0 saturated carbocycles. The van der Waals surface area contributed by atoms with Gasteiger partial charge in [-0.1, -0.05) is 32.0 Å². The topological polar surface area (TPSA) is 136 Å². The minimum atomic E-state index is -1.12. The van der Waals surface area contributed by atoms with Crippen LogP contribution in [0, 0.1) is 5.92 Å². The molecule has 0 spiro atoms. The number of benzene rings is 1. The number of aliphatic hydroxyl groups is 1. The maximum Gasteiger partial charge on any atom is 0.326 e. The van der Waals surface area contributed by atoms with E-state index in [4.69, 9.17) is 0 Å². The maximum absolute atomic E-state index is 12.6. The second kappa shape index (κ2) is 11.9. The fourth-order valence-electron chi connectivity index (χ4n) is 2.93. The quantitative estimate of drug-likeness (QED) is 0.414. The van der Waals surface area contributed by atoms with Crippen LogP contribution in [0.25, 0.3) is 0 Å². The summed E-state index contributed by atoms with van der Waals surface area (Å²) in [6.07, 6.45) is 0.241. The number of amides is 3. The van der Waals surface area contributed by atoms with Gasteiger partial charge in [-0.2, -0.15) is 0 Å². The number of carbonyl (C=O) groups excluding carboxylic acids is 3. The summed E-state index contributed by atoms with van der Waals surface area (Å²) in [7, 11) is 1.38. The molecule has 1 aromatic rings. The van der Waals surface area contributed by atoms with Crippen LogP contribution in [0.2, 0.25) is 0 Å². The van der Waals surface area contributed by atoms with Crippen LogP contribution in [0.1, 0.15) is 44.0 Å². The van der Waals surface area contributed by atoms with Gasteiger partial charge in [-0.15, -0.1) is 0 Å². The molecule has 0 aliphatic rings. The Morgan fingerprint density at radius 3 is 2.13 bits per heavy atom. The monoisotopic (exact) mass is 421 g/mol. The molecular weight excluding hydrogens is 390 g/mol. The van der Waals surface area contributed by atoms with Crippen LogP contribution < -0.4 is 10.6 Å². The van der Waals surface area contributed by atoms with Gasteiger partial charge in [0.1, 0.15) is 18.1 Å². The first kappa shape index (κ1) is 25.1. The third-order valence-electron chi connectivity index (χ3n) is 4.60. The van der Waals surface area contributed by atoms with Crippen molar-refractivity contribution in [2.75, 3.05) is 13.7 Å². The average Bonchev–Trinajstić information content (AvgIpc) is 2.70. The zero-order valence-corrected chi connectivity index (χ0v) is 17.8. The van der Waals surface area contributed by atoms with E-state index in [2.05, 4.69) is 10.6 Å². The number of carboxylic acids is 1. The Kier molecular flexibility index (Phi) is 9.97. The number of carboxylic acid groups (broad SMARTS) is 1. The van der Waals surface area contributed by atoms with Gasteiger partial charge in [0.2, 0.25) is 11.8 Å². The van der Waals surface area contributed by atoms with E-state index in [-0.39, 0.29) is 25.4 Å². The van der Waals surface area contributed by atoms with Crippen molar-refractivity contribution < 1.29 is 29.4 Å². The summed E-state index contributed by atoms with van der Waals surface area (Å²) >= 11 is 0. The molecule has 1 aromatic carbocycles. The Bertz CT molecular complexity index is 738. The molecule has 0 fully saturated rings. The summed E-state index contributed by atoms with van der Waals surface area (Å²) in [5.41, 5.74) is 0.357. The Balaban J connectivity index is 2.81. The highest BCUT2D eigenvalue weighted by Crippen LogP contribution is 2.12. The van der Waals surface area contributed by atoms with Crippen LogP contribution in [0.5, 0.6) is 0 Å². The first-order valence-electron chi connectivity index (χ1n) is 9.85. The van der Waals surface area contributed by atoms with Gasteiger partial charge >= 0.3 is 5.97 Å². The van der Waals surface area contributed by atoms with E-state index in [0.29, 0.717) is 5.56 Å². The predicted molar refractivity (Wildman–Crippen MR) is 111 cm³/mol. The zero-order chi connectivity index (χ0) is 22.8. The van der Waals surface area contributed by atoms with Gasteiger partial charge in [0.05, 0.1) is 0 Å². The molecule has 0 aliphatic carbocycles. The first-order chi connectivity index (χ1) is 14.1. The molecule has 4 N–H and O–H groups in total. The third kappa shape index (κ3) is 7.47. The molecule has 3 amide bonds. The SMILES string of the molecule is CC(C)CC(C(=O)O)N(C)C(=O)C(C)NC(=O)C(CCO)NC(=O)c1ccccc1. The molecular formula is C21H31N3O6. The van der Waals surface area contributed by atoms with Gasteiger partial charge < -0.3 is 25.7 Å². The minimum absolute atomic E-state index is 0.0355. The maximum atomic E-state index is 12.6. The molecule has 30 heavy (non-hydrogen) atoms. The van der Waals surface area contributed by atoms with Crippen molar-refractivity contribution in [3.05, 3.63) is 35.9 Å². The summed E-state index contributed by atoms with van der Waals surface area (Å²) in [5, 5.41) is 23.7. The smallest absolute Gasteiger partial charge is 0.326 e. The molecule has 0 aliphatic heterocycles. The lowest BCUT2D eigenvalue weighted by Gasteiger charge is -2.29. The van der Waals surface area contributed by atoms with Gasteiger partial charge in [-0.3, -0.25) is 14.4 Å². The highest BCUT2D eigenvalue weighted by atomic mass is 16.4. The van der Waals surface area contributed by atoms with Gasteiger partial charge in [0.15, 0.2) is 0 Å². The van der Waals surface area contributed by atoms with Crippen LogP contribution in [0.3, 0.4) is 0 Å². The average molecular weight is 421 g/mol. The largest absolute Gasteiger partial charge is 0.480 e. The van der Waals surface area contributed by atoms with Crippen LogP contribution in [0.15, 0.2) is 30.3 Å². The van der Waals surface area contributed by atoms with Crippen molar-refractivity contribution in [1.29, 1.82) is 0 Å². The lowest BCUT2D eigenvalue weighted by Crippen LogP contribution is -2.55. The number of aliphatic carboxylic acids is 1. The number of rotatable bonds is 11. The van der Waals surface area contributed by atoms with E-state index in [1.165, 1.54) is 14.0 Å². The number of likely N-dealkylation sites (N-methyl/N-ethyl adjacent to an activating group) is 1. The molecule has 9 heteroatoms. The third-order valence-corrected chi connectivity index (χ3v) is 4.60. The van der Waals surface area contributed by atoms with Gasteiger partial charge in [-0.05, 0) is 37.8 Å². The van der Waals surface area contributed by atoms with Crippen molar-refractivity contribution in [3.8, 4) is 0 Å². The zero-order valence-electron chi connectivity index (χ0n) is 17.8. The van der Waals surface area contributed by atoms with Crippen molar-refractivity contribution in [3.63, 3.8) is 0 Å². The molecule has 0 bridgehead atoms. The van der Waals surface area contributed by atoms with Crippen LogP contribution in [-0.4, -0.2) is 70.6 Å². The van der Waals surface area contributed by atoms with E-state index in [9.17, 15) is 29.4 Å². The van der Waals surface area contributed by atoms with Gasteiger partial charge in [-0.25, -0.2) is 4.79 Å². The van der Waals surface area contributed by atoms with Crippen molar-refractivity contribution in [1.82, 2.24) is 15.5 Å². The number of nitrogens with one attached hydrogen (secondary N) is 2. The molecule has 0 aromatic heterocycles.